The van der Waals surface area contributed by atoms with Crippen molar-refractivity contribution in [2.24, 2.45) is 23.5 Å². The van der Waals surface area contributed by atoms with Crippen molar-refractivity contribution in [3.63, 3.8) is 0 Å². The molecule has 0 saturated heterocycles. The van der Waals surface area contributed by atoms with Gasteiger partial charge in [0, 0.05) is 5.92 Å². The van der Waals surface area contributed by atoms with E-state index in [1.165, 1.54) is 0 Å². The Morgan fingerprint density at radius 2 is 2.33 bits per heavy atom. The summed E-state index contributed by atoms with van der Waals surface area (Å²) >= 11 is 0. The van der Waals surface area contributed by atoms with Gasteiger partial charge in [0.25, 0.3) is 0 Å². The summed E-state index contributed by atoms with van der Waals surface area (Å²) in [6.07, 6.45) is 4.98. The molecule has 0 aromatic rings. The number of hydrogen-bond acceptors (Lipinski definition) is 2. The first-order valence-corrected chi connectivity index (χ1v) is 4.27. The molecule has 0 amide bonds. The molecule has 3 N–H and O–H groups in total. The molecule has 1 saturated carbocycles. The van der Waals surface area contributed by atoms with Gasteiger partial charge in [-0.3, -0.25) is 4.79 Å². The molecule has 4 atom stereocenters. The van der Waals surface area contributed by atoms with Crippen LogP contribution in [0.15, 0.2) is 12.2 Å². The van der Waals surface area contributed by atoms with Crippen molar-refractivity contribution in [1.29, 1.82) is 0 Å². The Balaban J connectivity index is 2.39. The summed E-state index contributed by atoms with van der Waals surface area (Å²) < 4.78 is 0. The molecule has 2 bridgehead atoms. The van der Waals surface area contributed by atoms with Crippen molar-refractivity contribution >= 4 is 5.97 Å². The quantitative estimate of drug-likeness (QED) is 0.562. The van der Waals surface area contributed by atoms with Crippen molar-refractivity contribution < 1.29 is 9.90 Å². The maximum Gasteiger partial charge on any atom is 0.324 e. The number of carbonyl (C=O) groups is 1. The number of rotatable bonds is 1. The van der Waals surface area contributed by atoms with Crippen LogP contribution in [0.2, 0.25) is 0 Å². The average molecular weight is 167 g/mol. The van der Waals surface area contributed by atoms with E-state index in [0.717, 1.165) is 6.42 Å². The molecule has 0 aromatic heterocycles. The minimum Gasteiger partial charge on any atom is -0.480 e. The zero-order chi connectivity index (χ0) is 8.93. The third-order valence-electron chi connectivity index (χ3n) is 3.50. The molecular formula is C9H13NO2. The molecule has 0 heterocycles. The minimum absolute atomic E-state index is 0.0509. The zero-order valence-corrected chi connectivity index (χ0v) is 7.03. The van der Waals surface area contributed by atoms with Gasteiger partial charge in [-0.25, -0.2) is 0 Å². The number of allylic oxidation sites excluding steroid dienone is 1. The van der Waals surface area contributed by atoms with Gasteiger partial charge in [-0.1, -0.05) is 19.1 Å². The van der Waals surface area contributed by atoms with Crippen LogP contribution in [0.25, 0.3) is 0 Å². The van der Waals surface area contributed by atoms with Gasteiger partial charge in [0.15, 0.2) is 0 Å². The summed E-state index contributed by atoms with van der Waals surface area (Å²) in [6, 6.07) is 0. The fraction of sp³-hybridized carbons (Fsp3) is 0.667. The van der Waals surface area contributed by atoms with Crippen LogP contribution in [0.1, 0.15) is 13.3 Å². The first kappa shape index (κ1) is 7.80. The van der Waals surface area contributed by atoms with Crippen LogP contribution in [0.5, 0.6) is 0 Å². The van der Waals surface area contributed by atoms with Crippen molar-refractivity contribution in [2.75, 3.05) is 0 Å². The number of aliphatic carboxylic acids is 1. The Kier molecular flexibility index (Phi) is 1.37. The van der Waals surface area contributed by atoms with Gasteiger partial charge < -0.3 is 10.8 Å². The van der Waals surface area contributed by atoms with Gasteiger partial charge in [0.05, 0.1) is 0 Å². The van der Waals surface area contributed by atoms with E-state index in [1.807, 2.05) is 13.0 Å². The summed E-state index contributed by atoms with van der Waals surface area (Å²) in [5.41, 5.74) is 4.88. The first-order chi connectivity index (χ1) is 5.56. The highest BCUT2D eigenvalue weighted by Gasteiger charge is 2.56. The highest BCUT2D eigenvalue weighted by molar-refractivity contribution is 5.81. The molecule has 0 aliphatic heterocycles. The summed E-state index contributed by atoms with van der Waals surface area (Å²) in [5, 5.41) is 9.01. The lowest BCUT2D eigenvalue weighted by Crippen LogP contribution is -2.56. The molecular weight excluding hydrogens is 154 g/mol. The smallest absolute Gasteiger partial charge is 0.324 e. The molecule has 0 radical (unpaired) electrons. The fourth-order valence-corrected chi connectivity index (χ4v) is 2.50. The van der Waals surface area contributed by atoms with Gasteiger partial charge >= 0.3 is 5.97 Å². The maximum atomic E-state index is 11.0. The Morgan fingerprint density at radius 3 is 2.67 bits per heavy atom. The molecule has 3 heteroatoms. The van der Waals surface area contributed by atoms with Crippen molar-refractivity contribution in [3.8, 4) is 0 Å². The lowest BCUT2D eigenvalue weighted by Gasteiger charge is -2.32. The van der Waals surface area contributed by atoms with E-state index in [4.69, 9.17) is 10.8 Å². The summed E-state index contributed by atoms with van der Waals surface area (Å²) in [7, 11) is 0. The number of nitrogens with two attached hydrogens (primary N) is 1. The fourth-order valence-electron chi connectivity index (χ4n) is 2.50. The van der Waals surface area contributed by atoms with Crippen LogP contribution in [-0.4, -0.2) is 16.6 Å². The van der Waals surface area contributed by atoms with Crippen LogP contribution >= 0.6 is 0 Å². The van der Waals surface area contributed by atoms with Crippen LogP contribution in [0.3, 0.4) is 0 Å². The van der Waals surface area contributed by atoms with Gasteiger partial charge in [-0.2, -0.15) is 0 Å². The molecule has 4 unspecified atom stereocenters. The van der Waals surface area contributed by atoms with Crippen LogP contribution < -0.4 is 5.73 Å². The second kappa shape index (κ2) is 2.10. The highest BCUT2D eigenvalue weighted by Crippen LogP contribution is 2.48. The molecule has 2 aliphatic rings. The van der Waals surface area contributed by atoms with Crippen molar-refractivity contribution in [3.05, 3.63) is 12.2 Å². The average Bonchev–Trinajstić information content (AvgIpc) is 2.55. The first-order valence-electron chi connectivity index (χ1n) is 4.27. The Hall–Kier alpha value is -0.830. The number of fused-ring (bicyclic) bond motifs is 2. The predicted octanol–water partition coefficient (Wildman–Crippen LogP) is 0.611. The van der Waals surface area contributed by atoms with Gasteiger partial charge in [0.1, 0.15) is 5.54 Å². The van der Waals surface area contributed by atoms with Gasteiger partial charge in [-0.15, -0.1) is 0 Å². The van der Waals surface area contributed by atoms with Crippen LogP contribution in [0.4, 0.5) is 0 Å². The summed E-state index contributed by atoms with van der Waals surface area (Å²) in [4.78, 5) is 11.0. The molecule has 0 aromatic carbocycles. The third-order valence-corrected chi connectivity index (χ3v) is 3.50. The number of carboxylic acids is 1. The van der Waals surface area contributed by atoms with Crippen molar-refractivity contribution in [1.82, 2.24) is 0 Å². The third kappa shape index (κ3) is 0.672. The van der Waals surface area contributed by atoms with Gasteiger partial charge in [-0.05, 0) is 18.3 Å². The van der Waals surface area contributed by atoms with E-state index < -0.39 is 11.5 Å². The molecule has 66 valence electrons. The predicted molar refractivity (Wildman–Crippen MR) is 44.5 cm³/mol. The minimum atomic E-state index is -1.00. The van der Waals surface area contributed by atoms with E-state index in [0.29, 0.717) is 5.92 Å². The molecule has 12 heavy (non-hydrogen) atoms. The summed E-state index contributed by atoms with van der Waals surface area (Å²) in [6.45, 7) is 1.93. The van der Waals surface area contributed by atoms with Crippen LogP contribution in [-0.2, 0) is 4.79 Å². The highest BCUT2D eigenvalue weighted by atomic mass is 16.4. The molecule has 0 spiro atoms. The summed E-state index contributed by atoms with van der Waals surface area (Å²) in [5.74, 6) is -0.344. The lowest BCUT2D eigenvalue weighted by molar-refractivity contribution is -0.146. The second-order valence-corrected chi connectivity index (χ2v) is 3.92. The largest absolute Gasteiger partial charge is 0.480 e. The van der Waals surface area contributed by atoms with Crippen LogP contribution in [0, 0.1) is 17.8 Å². The van der Waals surface area contributed by atoms with Crippen molar-refractivity contribution in [2.45, 2.75) is 18.9 Å². The van der Waals surface area contributed by atoms with E-state index in [1.54, 1.807) is 0 Å². The van der Waals surface area contributed by atoms with E-state index in [2.05, 4.69) is 6.08 Å². The zero-order valence-electron chi connectivity index (χ0n) is 7.03. The second-order valence-electron chi connectivity index (χ2n) is 3.92. The molecule has 1 fully saturated rings. The Labute approximate surface area is 71.3 Å². The van der Waals surface area contributed by atoms with E-state index in [-0.39, 0.29) is 11.8 Å². The van der Waals surface area contributed by atoms with E-state index in [9.17, 15) is 4.79 Å². The Bertz CT molecular complexity index is 261. The molecule has 2 rings (SSSR count). The number of hydrogen-bond donors (Lipinski definition) is 2. The SMILES string of the molecule is CC1C2C=CC(C2)C1(N)C(=O)O. The maximum absolute atomic E-state index is 11.0. The normalized spacial score (nSPS) is 50.0. The van der Waals surface area contributed by atoms with E-state index >= 15 is 0 Å². The topological polar surface area (TPSA) is 63.3 Å². The van der Waals surface area contributed by atoms with Gasteiger partial charge in [0.2, 0.25) is 0 Å². The number of carboxylic acid groups (broad SMARTS) is 1. The molecule has 3 nitrogen and oxygen atoms in total. The molecule has 2 aliphatic carbocycles. The Morgan fingerprint density at radius 1 is 1.67 bits per heavy atom. The lowest BCUT2D eigenvalue weighted by atomic mass is 9.78. The standard InChI is InChI=1S/C9H13NO2/c1-5-6-2-3-7(4-6)9(5,10)8(11)12/h2-3,5-7H,4,10H2,1H3,(H,11,12). The monoisotopic (exact) mass is 167 g/mol.